The molecule has 4 heavy (non-hydrogen) atoms. The van der Waals surface area contributed by atoms with Crippen molar-refractivity contribution in [1.29, 1.82) is 0 Å². The van der Waals surface area contributed by atoms with Crippen LogP contribution in [0.2, 0.25) is 0 Å². The fraction of sp³-hybridized carbons (Fsp3) is 0. The van der Waals surface area contributed by atoms with Gasteiger partial charge in [0, 0.05) is 9.91 Å². The van der Waals surface area contributed by atoms with E-state index in [1.165, 1.54) is 5.23 Å². The van der Waals surface area contributed by atoms with Gasteiger partial charge in [-0.1, -0.05) is 0 Å². The average molecular weight is 92.1 g/mol. The van der Waals surface area contributed by atoms with Gasteiger partial charge in [0.25, 0.3) is 0 Å². The highest BCUT2D eigenvalue weighted by Crippen LogP contribution is 1.04. The molecule has 0 saturated heterocycles. The zero-order chi connectivity index (χ0) is 3.41. The van der Waals surface area contributed by atoms with Crippen molar-refractivity contribution in [3.05, 3.63) is 0 Å². The van der Waals surface area contributed by atoms with Crippen LogP contribution >= 0.6 is 0 Å². The summed E-state index contributed by atoms with van der Waals surface area (Å²) in [6, 6.07) is 0. The Hall–Kier alpha value is 0.0200. The SMILES string of the molecule is O=C=S=S. The first-order valence-electron chi connectivity index (χ1n) is 0.575. The summed E-state index contributed by atoms with van der Waals surface area (Å²) in [5.74, 6) is 0. The lowest BCUT2D eigenvalue weighted by Crippen LogP contribution is -1.28. The molecule has 0 aromatic carbocycles. The predicted octanol–water partition coefficient (Wildman–Crippen LogP) is -0.402. The van der Waals surface area contributed by atoms with Gasteiger partial charge < -0.3 is 0 Å². The van der Waals surface area contributed by atoms with Crippen LogP contribution in [0, 0.1) is 0 Å². The van der Waals surface area contributed by atoms with E-state index in [1.807, 2.05) is 0 Å². The molecule has 0 rings (SSSR count). The lowest BCUT2D eigenvalue weighted by Gasteiger charge is -1.11. The monoisotopic (exact) mass is 91.9 g/mol. The van der Waals surface area contributed by atoms with Gasteiger partial charge in [0.15, 0.2) is 0 Å². The number of rotatable bonds is 0. The molecule has 0 atom stereocenters. The van der Waals surface area contributed by atoms with Gasteiger partial charge in [-0.2, -0.15) is 0 Å². The van der Waals surface area contributed by atoms with Crippen LogP contribution in [0.5, 0.6) is 0 Å². The van der Waals surface area contributed by atoms with E-state index in [4.69, 9.17) is 4.79 Å². The molecular weight excluding hydrogens is 92.1 g/mol. The molecular formula is COS2. The fourth-order valence-corrected chi connectivity index (χ4v) is 0. The van der Waals surface area contributed by atoms with Crippen molar-refractivity contribution in [3.8, 4) is 0 Å². The number of hydrogen-bond donors (Lipinski definition) is 0. The van der Waals surface area contributed by atoms with E-state index in [1.54, 1.807) is 0 Å². The summed E-state index contributed by atoms with van der Waals surface area (Å²) < 4.78 is 0. The van der Waals surface area contributed by atoms with Crippen molar-refractivity contribution < 1.29 is 4.79 Å². The van der Waals surface area contributed by atoms with Crippen molar-refractivity contribution in [1.82, 2.24) is 0 Å². The first-order chi connectivity index (χ1) is 1.91. The van der Waals surface area contributed by atoms with Gasteiger partial charge in [-0.3, -0.25) is 0 Å². The fourth-order valence-electron chi connectivity index (χ4n) is 0. The molecule has 0 bridgehead atoms. The van der Waals surface area contributed by atoms with Crippen LogP contribution in [0.3, 0.4) is 0 Å². The Bertz CT molecular complexity index is 56.1. The third kappa shape index (κ3) is 2.02. The van der Waals surface area contributed by atoms with Crippen molar-refractivity contribution in [2.24, 2.45) is 0 Å². The number of carbonyl (C=O) groups excluding carboxylic acids is 1. The minimum atomic E-state index is 0.634. The Balaban J connectivity index is 3.95. The molecule has 0 saturated carbocycles. The van der Waals surface area contributed by atoms with Gasteiger partial charge in [-0.15, -0.1) is 0 Å². The summed E-state index contributed by atoms with van der Waals surface area (Å²) in [6.45, 7) is 0. The smallest absolute Gasteiger partial charge is 0.202 e. The minimum Gasteiger partial charge on any atom is -0.220 e. The molecule has 0 aliphatic carbocycles. The second-order valence-corrected chi connectivity index (χ2v) is 1.000. The Kier molecular flexibility index (Phi) is 3.04. The first-order valence-corrected chi connectivity index (χ1v) is 2.32. The third-order valence-electron chi connectivity index (χ3n) is 0.0340. The highest BCUT2D eigenvalue weighted by Gasteiger charge is 1.20. The molecule has 0 N–H and O–H groups in total. The van der Waals surface area contributed by atoms with Crippen LogP contribution < -0.4 is 0 Å². The molecule has 0 aliphatic rings. The van der Waals surface area contributed by atoms with E-state index < -0.39 is 0 Å². The molecule has 22 valence electrons. The normalized spacial score (nSPS) is 4.00. The van der Waals surface area contributed by atoms with Crippen LogP contribution in [0.25, 0.3) is 0 Å². The molecule has 0 unspecified atom stereocenters. The molecule has 0 aromatic rings. The molecule has 0 amide bonds. The summed E-state index contributed by atoms with van der Waals surface area (Å²) >= 11 is 4.05. The number of hydrogen-bond acceptors (Lipinski definition) is 2. The zero-order valence-corrected chi connectivity index (χ0v) is 3.36. The summed E-state index contributed by atoms with van der Waals surface area (Å²) in [4.78, 5) is 8.91. The average Bonchev–Trinajstić information content (AvgIpc) is 1.37. The van der Waals surface area contributed by atoms with Crippen LogP contribution in [0.1, 0.15) is 0 Å². The second-order valence-electron chi connectivity index (χ2n) is 0.167. The van der Waals surface area contributed by atoms with Gasteiger partial charge in [0.2, 0.25) is 5.23 Å². The standard InChI is InChI=1S/COS2/c2-1-4-3. The predicted molar refractivity (Wildman–Crippen MR) is 20.4 cm³/mol. The summed E-state index contributed by atoms with van der Waals surface area (Å²) in [6.07, 6.45) is 0. The van der Waals surface area contributed by atoms with Crippen LogP contribution in [0.15, 0.2) is 0 Å². The summed E-state index contributed by atoms with van der Waals surface area (Å²) in [7, 11) is 0.634. The van der Waals surface area contributed by atoms with Crippen LogP contribution in [-0.4, -0.2) is 5.23 Å². The minimum absolute atomic E-state index is 0.634. The van der Waals surface area contributed by atoms with Gasteiger partial charge in [0.05, 0.1) is 0 Å². The van der Waals surface area contributed by atoms with E-state index >= 15 is 0 Å². The van der Waals surface area contributed by atoms with Crippen LogP contribution in [0.4, 0.5) is 0 Å². The largest absolute Gasteiger partial charge is 0.220 e. The highest BCUT2D eigenvalue weighted by molar-refractivity contribution is 8.16. The lowest BCUT2D eigenvalue weighted by atomic mass is 11.9. The Morgan fingerprint density at radius 3 is 2.25 bits per heavy atom. The zero-order valence-electron chi connectivity index (χ0n) is 1.72. The summed E-state index contributed by atoms with van der Waals surface area (Å²) in [5.41, 5.74) is 0. The van der Waals surface area contributed by atoms with Crippen molar-refractivity contribution in [3.63, 3.8) is 0 Å². The van der Waals surface area contributed by atoms with Crippen LogP contribution in [-0.2, 0) is 25.9 Å². The van der Waals surface area contributed by atoms with Gasteiger partial charge >= 0.3 is 0 Å². The van der Waals surface area contributed by atoms with Crippen molar-refractivity contribution >= 4 is 26.3 Å². The molecule has 0 aliphatic heterocycles. The first kappa shape index (κ1) is 4.02. The van der Waals surface area contributed by atoms with E-state index in [0.717, 1.165) is 0 Å². The summed E-state index contributed by atoms with van der Waals surface area (Å²) in [5, 5.41) is 1.41. The second kappa shape index (κ2) is 3.02. The van der Waals surface area contributed by atoms with E-state index in [2.05, 4.69) is 11.2 Å². The van der Waals surface area contributed by atoms with Gasteiger partial charge in [-0.05, 0) is 11.2 Å². The molecule has 3 heteroatoms. The Labute approximate surface area is 31.8 Å². The Morgan fingerprint density at radius 1 is 2.00 bits per heavy atom. The molecule has 0 fully saturated rings. The van der Waals surface area contributed by atoms with Gasteiger partial charge in [0.1, 0.15) is 0 Å². The van der Waals surface area contributed by atoms with Crippen molar-refractivity contribution in [2.45, 2.75) is 0 Å². The third-order valence-corrected chi connectivity index (χ3v) is 0.306. The maximum atomic E-state index is 8.91. The molecule has 0 spiro atoms. The van der Waals surface area contributed by atoms with E-state index in [0.29, 0.717) is 9.91 Å². The lowest BCUT2D eigenvalue weighted by molar-refractivity contribution is 0.572. The Morgan fingerprint density at radius 2 is 2.25 bits per heavy atom. The molecule has 1 nitrogen and oxygen atoms in total. The quantitative estimate of drug-likeness (QED) is 0.378. The van der Waals surface area contributed by atoms with Gasteiger partial charge in [-0.25, -0.2) is 4.79 Å². The maximum absolute atomic E-state index is 8.91. The maximum Gasteiger partial charge on any atom is 0.202 e. The molecule has 0 heterocycles. The van der Waals surface area contributed by atoms with Crippen molar-refractivity contribution in [2.75, 3.05) is 0 Å². The topological polar surface area (TPSA) is 17.1 Å². The molecule has 0 aromatic heterocycles. The molecule has 0 radical (unpaired) electrons. The van der Waals surface area contributed by atoms with E-state index in [-0.39, 0.29) is 0 Å². The van der Waals surface area contributed by atoms with E-state index in [9.17, 15) is 0 Å². The highest BCUT2D eigenvalue weighted by atomic mass is 32.8.